The van der Waals surface area contributed by atoms with Crippen molar-refractivity contribution in [3.8, 4) is 5.75 Å². The Kier molecular flexibility index (Phi) is 5.76. The predicted octanol–water partition coefficient (Wildman–Crippen LogP) is 3.24. The summed E-state index contributed by atoms with van der Waals surface area (Å²) in [5, 5.41) is 7.68. The van der Waals surface area contributed by atoms with Crippen molar-refractivity contribution in [3.05, 3.63) is 45.7 Å². The fourth-order valence-electron chi connectivity index (χ4n) is 2.39. The van der Waals surface area contributed by atoms with Crippen molar-refractivity contribution >= 4 is 33.4 Å². The van der Waals surface area contributed by atoms with Crippen molar-refractivity contribution in [3.63, 3.8) is 0 Å². The van der Waals surface area contributed by atoms with Crippen LogP contribution in [-0.2, 0) is 11.5 Å². The number of carbonyl (C=O) groups excluding carboxylic acids is 1. The zero-order chi connectivity index (χ0) is 16.9. The first-order valence-electron chi connectivity index (χ1n) is 7.63. The minimum atomic E-state index is -0.211. The summed E-state index contributed by atoms with van der Waals surface area (Å²) in [5.41, 5.74) is 0.353. The third kappa shape index (κ3) is 4.49. The lowest BCUT2D eigenvalue weighted by atomic mass is 10.2. The standard InChI is InChI=1S/C16H17BrClN3O3/c17-13-8-11(18)3-4-15(13)24-10-21-6-5-14(20-21)16(22)19-9-12-2-1-7-23-12/h3-6,8,12H,1-2,7,9-10H2,(H,19,22). The van der Waals surface area contributed by atoms with Crippen LogP contribution in [0.4, 0.5) is 0 Å². The van der Waals surface area contributed by atoms with E-state index in [-0.39, 0.29) is 18.7 Å². The summed E-state index contributed by atoms with van der Waals surface area (Å²) in [4.78, 5) is 12.1. The van der Waals surface area contributed by atoms with E-state index in [1.807, 2.05) is 0 Å². The Morgan fingerprint density at radius 2 is 2.38 bits per heavy atom. The average Bonchev–Trinajstić information content (AvgIpc) is 3.23. The lowest BCUT2D eigenvalue weighted by Crippen LogP contribution is -2.32. The first-order valence-corrected chi connectivity index (χ1v) is 8.80. The molecule has 1 aromatic heterocycles. The molecule has 1 atom stereocenters. The summed E-state index contributed by atoms with van der Waals surface area (Å²) < 4.78 is 13.5. The largest absolute Gasteiger partial charge is 0.470 e. The third-order valence-corrected chi connectivity index (χ3v) is 4.49. The minimum Gasteiger partial charge on any atom is -0.470 e. The molecular formula is C16H17BrClN3O3. The van der Waals surface area contributed by atoms with Gasteiger partial charge in [-0.15, -0.1) is 0 Å². The molecule has 8 heteroatoms. The van der Waals surface area contributed by atoms with Gasteiger partial charge in [-0.2, -0.15) is 5.10 Å². The number of benzene rings is 1. The molecule has 2 aromatic rings. The summed E-state index contributed by atoms with van der Waals surface area (Å²) in [6.07, 6.45) is 3.84. The highest BCUT2D eigenvalue weighted by Gasteiger charge is 2.17. The van der Waals surface area contributed by atoms with E-state index in [4.69, 9.17) is 21.1 Å². The van der Waals surface area contributed by atoms with Crippen LogP contribution < -0.4 is 10.1 Å². The number of nitrogens with one attached hydrogen (secondary N) is 1. The summed E-state index contributed by atoms with van der Waals surface area (Å²) in [7, 11) is 0. The second-order valence-electron chi connectivity index (χ2n) is 5.43. The molecule has 1 fully saturated rings. The van der Waals surface area contributed by atoms with Crippen LogP contribution in [0.25, 0.3) is 0 Å². The fourth-order valence-corrected chi connectivity index (χ4v) is 3.18. The van der Waals surface area contributed by atoms with Crippen molar-refractivity contribution in [1.82, 2.24) is 15.1 Å². The van der Waals surface area contributed by atoms with E-state index in [1.54, 1.807) is 35.1 Å². The molecular weight excluding hydrogens is 398 g/mol. The summed E-state index contributed by atoms with van der Waals surface area (Å²) in [5.74, 6) is 0.441. The van der Waals surface area contributed by atoms with Crippen LogP contribution in [0, 0.1) is 0 Å². The Labute approximate surface area is 153 Å². The van der Waals surface area contributed by atoms with Crippen molar-refractivity contribution in [2.24, 2.45) is 0 Å². The number of rotatable bonds is 6. The molecule has 0 radical (unpaired) electrons. The molecule has 6 nitrogen and oxygen atoms in total. The number of ether oxygens (including phenoxy) is 2. The van der Waals surface area contributed by atoms with Gasteiger partial charge >= 0.3 is 0 Å². The van der Waals surface area contributed by atoms with Gasteiger partial charge in [-0.25, -0.2) is 4.68 Å². The van der Waals surface area contributed by atoms with E-state index in [0.29, 0.717) is 23.0 Å². The van der Waals surface area contributed by atoms with Crippen LogP contribution in [0.15, 0.2) is 34.9 Å². The molecule has 0 aliphatic carbocycles. The van der Waals surface area contributed by atoms with Crippen LogP contribution in [0.3, 0.4) is 0 Å². The van der Waals surface area contributed by atoms with E-state index in [0.717, 1.165) is 23.9 Å². The van der Waals surface area contributed by atoms with E-state index in [9.17, 15) is 4.79 Å². The monoisotopic (exact) mass is 413 g/mol. The van der Waals surface area contributed by atoms with Gasteiger partial charge in [0.05, 0.1) is 10.6 Å². The van der Waals surface area contributed by atoms with Gasteiger partial charge in [0, 0.05) is 24.4 Å². The summed E-state index contributed by atoms with van der Waals surface area (Å²) in [6.45, 7) is 1.48. The number of hydrogen-bond donors (Lipinski definition) is 1. The lowest BCUT2D eigenvalue weighted by Gasteiger charge is -2.10. The first kappa shape index (κ1) is 17.3. The Morgan fingerprint density at radius 1 is 1.50 bits per heavy atom. The smallest absolute Gasteiger partial charge is 0.271 e. The van der Waals surface area contributed by atoms with Gasteiger partial charge in [-0.1, -0.05) is 11.6 Å². The summed E-state index contributed by atoms with van der Waals surface area (Å²) >= 11 is 9.28. The molecule has 2 heterocycles. The highest BCUT2D eigenvalue weighted by atomic mass is 79.9. The predicted molar refractivity (Wildman–Crippen MR) is 93.3 cm³/mol. The molecule has 1 aliphatic rings. The van der Waals surface area contributed by atoms with Gasteiger partial charge < -0.3 is 14.8 Å². The lowest BCUT2D eigenvalue weighted by molar-refractivity contribution is 0.0852. The number of halogens is 2. The number of carbonyl (C=O) groups is 1. The zero-order valence-electron chi connectivity index (χ0n) is 12.9. The van der Waals surface area contributed by atoms with E-state index in [2.05, 4.69) is 26.3 Å². The molecule has 1 aliphatic heterocycles. The highest BCUT2D eigenvalue weighted by Crippen LogP contribution is 2.28. The number of hydrogen-bond acceptors (Lipinski definition) is 4. The Balaban J connectivity index is 1.51. The van der Waals surface area contributed by atoms with Crippen molar-refractivity contribution < 1.29 is 14.3 Å². The van der Waals surface area contributed by atoms with E-state index >= 15 is 0 Å². The number of nitrogens with zero attached hydrogens (tertiary/aromatic N) is 2. The molecule has 1 unspecified atom stereocenters. The average molecular weight is 415 g/mol. The van der Waals surface area contributed by atoms with Gasteiger partial charge in [-0.05, 0) is 53.0 Å². The molecule has 0 bridgehead atoms. The number of aromatic nitrogens is 2. The SMILES string of the molecule is O=C(NCC1CCCO1)c1ccn(COc2ccc(Cl)cc2Br)n1. The minimum absolute atomic E-state index is 0.113. The van der Waals surface area contributed by atoms with Crippen molar-refractivity contribution in [2.75, 3.05) is 13.2 Å². The van der Waals surface area contributed by atoms with Crippen LogP contribution in [-0.4, -0.2) is 34.9 Å². The van der Waals surface area contributed by atoms with Crippen molar-refractivity contribution in [1.29, 1.82) is 0 Å². The second-order valence-corrected chi connectivity index (χ2v) is 6.72. The molecule has 1 amide bonds. The van der Waals surface area contributed by atoms with Crippen LogP contribution in [0.1, 0.15) is 23.3 Å². The van der Waals surface area contributed by atoms with Crippen LogP contribution in [0.5, 0.6) is 5.75 Å². The molecule has 128 valence electrons. The van der Waals surface area contributed by atoms with Gasteiger partial charge in [-0.3, -0.25) is 4.79 Å². The third-order valence-electron chi connectivity index (χ3n) is 3.63. The zero-order valence-corrected chi connectivity index (χ0v) is 15.2. The van der Waals surface area contributed by atoms with Gasteiger partial charge in [0.2, 0.25) is 0 Å². The van der Waals surface area contributed by atoms with Crippen molar-refractivity contribution in [2.45, 2.75) is 25.7 Å². The number of amides is 1. The maximum Gasteiger partial charge on any atom is 0.271 e. The van der Waals surface area contributed by atoms with E-state index < -0.39 is 0 Å². The normalized spacial score (nSPS) is 17.0. The Hall–Kier alpha value is -1.57. The summed E-state index contributed by atoms with van der Waals surface area (Å²) in [6, 6.07) is 6.93. The maximum absolute atomic E-state index is 12.1. The second kappa shape index (κ2) is 8.00. The molecule has 1 aromatic carbocycles. The van der Waals surface area contributed by atoms with Gasteiger partial charge in [0.25, 0.3) is 5.91 Å². The van der Waals surface area contributed by atoms with Gasteiger partial charge in [0.1, 0.15) is 11.4 Å². The topological polar surface area (TPSA) is 65.4 Å². The highest BCUT2D eigenvalue weighted by molar-refractivity contribution is 9.10. The quantitative estimate of drug-likeness (QED) is 0.788. The molecule has 24 heavy (non-hydrogen) atoms. The maximum atomic E-state index is 12.1. The first-order chi connectivity index (χ1) is 11.6. The molecule has 3 rings (SSSR count). The molecule has 1 saturated heterocycles. The van der Waals surface area contributed by atoms with Crippen LogP contribution >= 0.6 is 27.5 Å². The van der Waals surface area contributed by atoms with Crippen LogP contribution in [0.2, 0.25) is 5.02 Å². The Bertz CT molecular complexity index is 716. The van der Waals surface area contributed by atoms with E-state index in [1.165, 1.54) is 0 Å². The molecule has 1 N–H and O–H groups in total. The Morgan fingerprint density at radius 3 is 3.12 bits per heavy atom. The van der Waals surface area contributed by atoms with Gasteiger partial charge in [0.15, 0.2) is 6.73 Å². The molecule has 0 saturated carbocycles. The molecule has 0 spiro atoms. The fraction of sp³-hybridized carbons (Fsp3) is 0.375.